The van der Waals surface area contributed by atoms with Crippen molar-refractivity contribution >= 4 is 38.6 Å². The molecule has 6 nitrogen and oxygen atoms in total. The second-order valence-electron chi connectivity index (χ2n) is 6.48. The molecule has 0 fully saturated rings. The van der Waals surface area contributed by atoms with E-state index in [0.717, 1.165) is 41.5 Å². The van der Waals surface area contributed by atoms with Gasteiger partial charge in [-0.05, 0) is 48.7 Å². The van der Waals surface area contributed by atoms with Gasteiger partial charge in [-0.3, -0.25) is 0 Å². The van der Waals surface area contributed by atoms with Gasteiger partial charge in [0.05, 0.1) is 10.4 Å². The molecule has 0 N–H and O–H groups in total. The summed E-state index contributed by atoms with van der Waals surface area (Å²) in [5.74, 6) is 0. The topological polar surface area (TPSA) is 68.1 Å². The van der Waals surface area contributed by atoms with E-state index in [1.165, 1.54) is 6.26 Å². The number of nitrogens with zero attached hydrogens (tertiary/aromatic N) is 4. The molecule has 0 aliphatic carbocycles. The number of rotatable bonds is 3. The minimum absolute atomic E-state index is 0.361. The summed E-state index contributed by atoms with van der Waals surface area (Å²) >= 11 is 5.58. The standard InChI is InChI=1S/C18H18N4O2S2/c1-26(23,24)14-8-9-17-13(11-14)5-4-10-21(17)12-22-18(25)15-6-2-3-7-16(15)19-20-22/h2-3,6-9,11H,4-5,10,12H2,1H3. The molecule has 0 atom stereocenters. The highest BCUT2D eigenvalue weighted by molar-refractivity contribution is 7.90. The monoisotopic (exact) mass is 386 g/mol. The van der Waals surface area contributed by atoms with Gasteiger partial charge in [0.1, 0.15) is 11.3 Å². The molecule has 3 aromatic rings. The lowest BCUT2D eigenvalue weighted by atomic mass is 10.0. The zero-order valence-electron chi connectivity index (χ0n) is 14.3. The zero-order chi connectivity index (χ0) is 18.3. The first-order valence-corrected chi connectivity index (χ1v) is 10.6. The number of aromatic nitrogens is 3. The fourth-order valence-corrected chi connectivity index (χ4v) is 4.25. The molecule has 8 heteroatoms. The smallest absolute Gasteiger partial charge is 0.175 e. The van der Waals surface area contributed by atoms with Gasteiger partial charge in [0.2, 0.25) is 0 Å². The lowest BCUT2D eigenvalue weighted by Gasteiger charge is -2.31. The Hall–Kier alpha value is -2.32. The molecule has 0 saturated carbocycles. The van der Waals surface area contributed by atoms with Gasteiger partial charge in [-0.15, -0.1) is 5.10 Å². The van der Waals surface area contributed by atoms with E-state index < -0.39 is 9.84 Å². The molecule has 134 valence electrons. The van der Waals surface area contributed by atoms with Gasteiger partial charge in [0.25, 0.3) is 0 Å². The molecule has 0 spiro atoms. The number of sulfone groups is 1. The first-order chi connectivity index (χ1) is 12.4. The molecule has 1 aliphatic rings. The summed E-state index contributed by atoms with van der Waals surface area (Å²) in [6, 6.07) is 13.0. The Morgan fingerprint density at radius 1 is 1.19 bits per heavy atom. The minimum Gasteiger partial charge on any atom is -0.352 e. The normalized spacial score (nSPS) is 14.4. The maximum Gasteiger partial charge on any atom is 0.175 e. The zero-order valence-corrected chi connectivity index (χ0v) is 15.9. The second kappa shape index (κ2) is 6.44. The van der Waals surface area contributed by atoms with Gasteiger partial charge in [-0.25, -0.2) is 13.1 Å². The van der Waals surface area contributed by atoms with Crippen molar-refractivity contribution in [2.45, 2.75) is 24.4 Å². The summed E-state index contributed by atoms with van der Waals surface area (Å²) < 4.78 is 26.0. The van der Waals surface area contributed by atoms with Gasteiger partial charge in [-0.2, -0.15) is 0 Å². The Morgan fingerprint density at radius 2 is 2.00 bits per heavy atom. The second-order valence-corrected chi connectivity index (χ2v) is 8.88. The predicted octanol–water partition coefficient (Wildman–Crippen LogP) is 2.97. The molecule has 26 heavy (non-hydrogen) atoms. The third-order valence-electron chi connectivity index (χ3n) is 4.63. The van der Waals surface area contributed by atoms with E-state index in [4.69, 9.17) is 12.2 Å². The van der Waals surface area contributed by atoms with Crippen LogP contribution in [0.4, 0.5) is 5.69 Å². The lowest BCUT2D eigenvalue weighted by Crippen LogP contribution is -2.32. The van der Waals surface area contributed by atoms with E-state index in [9.17, 15) is 8.42 Å². The van der Waals surface area contributed by atoms with Crippen molar-refractivity contribution in [1.29, 1.82) is 0 Å². The minimum atomic E-state index is -3.21. The van der Waals surface area contributed by atoms with Gasteiger partial charge < -0.3 is 4.90 Å². The number of benzene rings is 2. The molecule has 1 aliphatic heterocycles. The van der Waals surface area contributed by atoms with E-state index in [-0.39, 0.29) is 0 Å². The van der Waals surface area contributed by atoms with Crippen molar-refractivity contribution in [3.8, 4) is 0 Å². The molecule has 2 aromatic carbocycles. The predicted molar refractivity (Wildman–Crippen MR) is 104 cm³/mol. The Morgan fingerprint density at radius 3 is 2.81 bits per heavy atom. The van der Waals surface area contributed by atoms with E-state index in [2.05, 4.69) is 15.2 Å². The van der Waals surface area contributed by atoms with E-state index in [0.29, 0.717) is 16.2 Å². The number of hydrogen-bond acceptors (Lipinski definition) is 6. The summed E-state index contributed by atoms with van der Waals surface area (Å²) in [6.45, 7) is 1.35. The van der Waals surface area contributed by atoms with Crippen LogP contribution in [0, 0.1) is 4.64 Å². The highest BCUT2D eigenvalue weighted by Gasteiger charge is 2.20. The number of aryl methyl sites for hydroxylation is 1. The Labute approximate surface area is 157 Å². The van der Waals surface area contributed by atoms with Crippen LogP contribution in [0.25, 0.3) is 10.9 Å². The van der Waals surface area contributed by atoms with Crippen molar-refractivity contribution < 1.29 is 8.42 Å². The van der Waals surface area contributed by atoms with Crippen LogP contribution in [0.2, 0.25) is 0 Å². The van der Waals surface area contributed by atoms with Crippen molar-refractivity contribution in [3.05, 3.63) is 52.7 Å². The van der Waals surface area contributed by atoms with Gasteiger partial charge in [0, 0.05) is 23.9 Å². The molecule has 0 bridgehead atoms. The summed E-state index contributed by atoms with van der Waals surface area (Å²) in [4.78, 5) is 2.53. The highest BCUT2D eigenvalue weighted by Crippen LogP contribution is 2.30. The summed E-state index contributed by atoms with van der Waals surface area (Å²) in [5, 5.41) is 9.41. The van der Waals surface area contributed by atoms with Crippen LogP contribution in [-0.4, -0.2) is 36.2 Å². The molecular formula is C18H18N4O2S2. The van der Waals surface area contributed by atoms with Crippen LogP contribution in [-0.2, 0) is 22.9 Å². The average Bonchev–Trinajstić information content (AvgIpc) is 2.63. The van der Waals surface area contributed by atoms with Gasteiger partial charge >= 0.3 is 0 Å². The maximum atomic E-state index is 11.8. The third-order valence-corrected chi connectivity index (χ3v) is 6.17. The molecule has 0 unspecified atom stereocenters. The van der Waals surface area contributed by atoms with Crippen LogP contribution < -0.4 is 4.90 Å². The average molecular weight is 387 g/mol. The quantitative estimate of drug-likeness (QED) is 0.645. The molecule has 0 amide bonds. The van der Waals surface area contributed by atoms with Crippen LogP contribution in [0.15, 0.2) is 47.4 Å². The van der Waals surface area contributed by atoms with Crippen molar-refractivity contribution in [3.63, 3.8) is 0 Å². The molecule has 1 aromatic heterocycles. The van der Waals surface area contributed by atoms with Gasteiger partial charge in [0.15, 0.2) is 9.84 Å². The summed E-state index contributed by atoms with van der Waals surface area (Å²) in [5.41, 5.74) is 2.85. The molecule has 2 heterocycles. The molecular weight excluding hydrogens is 368 g/mol. The number of hydrogen-bond donors (Lipinski definition) is 0. The highest BCUT2D eigenvalue weighted by atomic mass is 32.2. The fourth-order valence-electron chi connectivity index (χ4n) is 3.31. The van der Waals surface area contributed by atoms with Crippen molar-refractivity contribution in [2.24, 2.45) is 0 Å². The van der Waals surface area contributed by atoms with Crippen molar-refractivity contribution in [1.82, 2.24) is 15.0 Å². The molecule has 0 radical (unpaired) electrons. The Bertz CT molecular complexity index is 1160. The van der Waals surface area contributed by atoms with Crippen molar-refractivity contribution in [2.75, 3.05) is 17.7 Å². The summed E-state index contributed by atoms with van der Waals surface area (Å²) in [6.07, 6.45) is 3.05. The molecule has 4 rings (SSSR count). The SMILES string of the molecule is CS(=O)(=O)c1ccc2c(c1)CCCN2Cn1nnc2ccccc2c1=S. The van der Waals surface area contributed by atoms with E-state index >= 15 is 0 Å². The third kappa shape index (κ3) is 3.10. The first kappa shape index (κ1) is 17.1. The number of fused-ring (bicyclic) bond motifs is 2. The Kier molecular flexibility index (Phi) is 4.24. The largest absolute Gasteiger partial charge is 0.352 e. The van der Waals surface area contributed by atoms with Gasteiger partial charge in [-0.1, -0.05) is 29.6 Å². The fraction of sp³-hybridized carbons (Fsp3) is 0.278. The molecule has 0 saturated heterocycles. The van der Waals surface area contributed by atoms with Crippen LogP contribution in [0.1, 0.15) is 12.0 Å². The maximum absolute atomic E-state index is 11.8. The van der Waals surface area contributed by atoms with Crippen LogP contribution >= 0.6 is 12.2 Å². The van der Waals surface area contributed by atoms with Crippen LogP contribution in [0.5, 0.6) is 0 Å². The van der Waals surface area contributed by atoms with Crippen LogP contribution in [0.3, 0.4) is 0 Å². The first-order valence-electron chi connectivity index (χ1n) is 8.34. The Balaban J connectivity index is 1.71. The van der Waals surface area contributed by atoms with E-state index in [1.807, 2.05) is 30.3 Å². The lowest BCUT2D eigenvalue weighted by molar-refractivity contribution is 0.518. The van der Waals surface area contributed by atoms with E-state index in [1.54, 1.807) is 16.8 Å². The number of anilines is 1. The summed E-state index contributed by atoms with van der Waals surface area (Å²) in [7, 11) is -3.21.